The summed E-state index contributed by atoms with van der Waals surface area (Å²) >= 11 is 0. The van der Waals surface area contributed by atoms with Crippen molar-refractivity contribution in [2.45, 2.75) is 45.2 Å². The maximum Gasteiger partial charge on any atom is 0.241 e. The first-order chi connectivity index (χ1) is 12.0. The highest BCUT2D eigenvalue weighted by Crippen LogP contribution is 2.32. The Morgan fingerprint density at radius 1 is 1.08 bits per heavy atom. The van der Waals surface area contributed by atoms with E-state index in [4.69, 9.17) is 9.47 Å². The van der Waals surface area contributed by atoms with Crippen LogP contribution in [0.3, 0.4) is 0 Å². The molecule has 6 heteroatoms. The van der Waals surface area contributed by atoms with Gasteiger partial charge in [-0.3, -0.25) is 10.2 Å². The van der Waals surface area contributed by atoms with Gasteiger partial charge in [-0.05, 0) is 48.4 Å². The van der Waals surface area contributed by atoms with E-state index in [1.807, 2.05) is 17.0 Å². The molecule has 25 heavy (non-hydrogen) atoms. The molecule has 1 saturated heterocycles. The number of methoxy groups -OCH3 is 2. The summed E-state index contributed by atoms with van der Waals surface area (Å²) in [6, 6.07) is 4.32. The van der Waals surface area contributed by atoms with Crippen LogP contribution >= 0.6 is 0 Å². The molecule has 3 rings (SSSR count). The molecule has 2 atom stereocenters. The predicted octanol–water partition coefficient (Wildman–Crippen LogP) is 1.52. The Labute approximate surface area is 149 Å². The number of nitrogens with one attached hydrogen (secondary N) is 2. The first-order valence-corrected chi connectivity index (χ1v) is 9.07. The number of carbonyl (C=O) groups is 1. The number of rotatable bonds is 4. The molecule has 1 aromatic rings. The molecule has 2 aliphatic heterocycles. The van der Waals surface area contributed by atoms with Gasteiger partial charge in [0.2, 0.25) is 5.91 Å². The Bertz CT molecular complexity index is 598. The molecule has 138 valence electrons. The lowest BCUT2D eigenvalue weighted by atomic mass is 9.99. The number of hydrogen-bond acceptors (Lipinski definition) is 5. The van der Waals surface area contributed by atoms with E-state index in [9.17, 15) is 4.79 Å². The Balaban J connectivity index is 1.69. The molecule has 0 radical (unpaired) electrons. The normalized spacial score (nSPS) is 23.3. The summed E-state index contributed by atoms with van der Waals surface area (Å²) in [6.45, 7) is 5.84. The SMILES string of the molecule is COc1cc2c(cc1OC)CCN(C(=O)C1CC(C(C)C)NN1)CC2. The molecule has 2 unspecified atom stereocenters. The van der Waals surface area contributed by atoms with E-state index < -0.39 is 0 Å². The summed E-state index contributed by atoms with van der Waals surface area (Å²) < 4.78 is 10.8. The third-order valence-electron chi connectivity index (χ3n) is 5.36. The van der Waals surface area contributed by atoms with Gasteiger partial charge in [-0.15, -0.1) is 0 Å². The molecule has 2 heterocycles. The van der Waals surface area contributed by atoms with E-state index in [0.29, 0.717) is 12.0 Å². The van der Waals surface area contributed by atoms with E-state index in [-0.39, 0.29) is 11.9 Å². The molecule has 0 bridgehead atoms. The quantitative estimate of drug-likeness (QED) is 0.865. The van der Waals surface area contributed by atoms with Crippen LogP contribution in [-0.4, -0.2) is 50.2 Å². The summed E-state index contributed by atoms with van der Waals surface area (Å²) in [7, 11) is 3.31. The number of fused-ring (bicyclic) bond motifs is 1. The number of benzene rings is 1. The second-order valence-corrected chi connectivity index (χ2v) is 7.23. The fraction of sp³-hybridized carbons (Fsp3) is 0.632. The van der Waals surface area contributed by atoms with Gasteiger partial charge in [0, 0.05) is 19.1 Å². The molecule has 0 spiro atoms. The minimum absolute atomic E-state index is 0.127. The fourth-order valence-electron chi connectivity index (χ4n) is 3.67. The summed E-state index contributed by atoms with van der Waals surface area (Å²) in [5.41, 5.74) is 8.92. The van der Waals surface area contributed by atoms with Crippen molar-refractivity contribution in [3.8, 4) is 11.5 Å². The number of hydrazine groups is 1. The third kappa shape index (κ3) is 3.75. The second-order valence-electron chi connectivity index (χ2n) is 7.23. The molecule has 6 nitrogen and oxygen atoms in total. The molecule has 1 fully saturated rings. The van der Waals surface area contributed by atoms with Crippen molar-refractivity contribution in [3.05, 3.63) is 23.3 Å². The van der Waals surface area contributed by atoms with Gasteiger partial charge in [-0.2, -0.15) is 0 Å². The molecule has 1 aromatic carbocycles. The van der Waals surface area contributed by atoms with Crippen molar-refractivity contribution in [1.82, 2.24) is 15.8 Å². The molecular formula is C19H29N3O3. The lowest BCUT2D eigenvalue weighted by molar-refractivity contribution is -0.133. The zero-order chi connectivity index (χ0) is 18.0. The van der Waals surface area contributed by atoms with Crippen molar-refractivity contribution in [2.75, 3.05) is 27.3 Å². The molecule has 0 aliphatic carbocycles. The minimum atomic E-state index is -0.127. The smallest absolute Gasteiger partial charge is 0.241 e. The molecular weight excluding hydrogens is 318 g/mol. The predicted molar refractivity (Wildman–Crippen MR) is 96.8 cm³/mol. The summed E-state index contributed by atoms with van der Waals surface area (Å²) in [5.74, 6) is 2.21. The van der Waals surface area contributed by atoms with Gasteiger partial charge in [0.1, 0.15) is 6.04 Å². The molecule has 2 aliphatic rings. The third-order valence-corrected chi connectivity index (χ3v) is 5.36. The minimum Gasteiger partial charge on any atom is -0.493 e. The fourth-order valence-corrected chi connectivity index (χ4v) is 3.67. The van der Waals surface area contributed by atoms with Crippen molar-refractivity contribution in [1.29, 1.82) is 0 Å². The van der Waals surface area contributed by atoms with Crippen LogP contribution in [0, 0.1) is 5.92 Å². The van der Waals surface area contributed by atoms with Gasteiger partial charge < -0.3 is 14.4 Å². The Morgan fingerprint density at radius 2 is 1.64 bits per heavy atom. The first-order valence-electron chi connectivity index (χ1n) is 9.07. The maximum atomic E-state index is 12.9. The Kier molecular flexibility index (Phi) is 5.49. The van der Waals surface area contributed by atoms with Crippen LogP contribution in [-0.2, 0) is 17.6 Å². The van der Waals surface area contributed by atoms with Gasteiger partial charge in [0.25, 0.3) is 0 Å². The maximum absolute atomic E-state index is 12.9. The van der Waals surface area contributed by atoms with E-state index in [1.54, 1.807) is 14.2 Å². The Morgan fingerprint density at radius 3 is 2.08 bits per heavy atom. The second kappa shape index (κ2) is 7.62. The molecule has 2 N–H and O–H groups in total. The first kappa shape index (κ1) is 18.0. The molecule has 1 amide bonds. The topological polar surface area (TPSA) is 62.8 Å². The summed E-state index contributed by atoms with van der Waals surface area (Å²) in [4.78, 5) is 14.9. The Hall–Kier alpha value is -1.79. The highest BCUT2D eigenvalue weighted by atomic mass is 16.5. The van der Waals surface area contributed by atoms with Crippen LogP contribution in [0.2, 0.25) is 0 Å². The van der Waals surface area contributed by atoms with Gasteiger partial charge in [-0.25, -0.2) is 5.43 Å². The van der Waals surface area contributed by atoms with Crippen LogP contribution in [0.15, 0.2) is 12.1 Å². The van der Waals surface area contributed by atoms with E-state index >= 15 is 0 Å². The zero-order valence-electron chi connectivity index (χ0n) is 15.6. The van der Waals surface area contributed by atoms with E-state index in [1.165, 1.54) is 11.1 Å². The number of carbonyl (C=O) groups excluding carboxylic acids is 1. The van der Waals surface area contributed by atoms with E-state index in [2.05, 4.69) is 24.7 Å². The number of nitrogens with zero attached hydrogens (tertiary/aromatic N) is 1. The van der Waals surface area contributed by atoms with Crippen LogP contribution < -0.4 is 20.3 Å². The summed E-state index contributed by atoms with van der Waals surface area (Å²) in [5, 5.41) is 0. The standard InChI is InChI=1S/C19H29N3O3/c1-12(2)15-11-16(21-20-15)19(23)22-7-5-13-9-17(24-3)18(25-4)10-14(13)6-8-22/h9-10,12,15-16,20-21H,5-8,11H2,1-4H3. The van der Waals surface area contributed by atoms with Crippen molar-refractivity contribution in [2.24, 2.45) is 5.92 Å². The lowest BCUT2D eigenvalue weighted by Gasteiger charge is -2.23. The summed E-state index contributed by atoms with van der Waals surface area (Å²) in [6.07, 6.45) is 2.53. The van der Waals surface area contributed by atoms with Crippen LogP contribution in [0.4, 0.5) is 0 Å². The van der Waals surface area contributed by atoms with Gasteiger partial charge >= 0.3 is 0 Å². The number of ether oxygens (including phenoxy) is 2. The molecule has 0 aromatic heterocycles. The molecule has 0 saturated carbocycles. The zero-order valence-corrected chi connectivity index (χ0v) is 15.6. The monoisotopic (exact) mass is 347 g/mol. The van der Waals surface area contributed by atoms with Crippen molar-refractivity contribution < 1.29 is 14.3 Å². The highest BCUT2D eigenvalue weighted by Gasteiger charge is 2.33. The van der Waals surface area contributed by atoms with Crippen LogP contribution in [0.25, 0.3) is 0 Å². The van der Waals surface area contributed by atoms with Crippen LogP contribution in [0.5, 0.6) is 11.5 Å². The van der Waals surface area contributed by atoms with Crippen LogP contribution in [0.1, 0.15) is 31.4 Å². The van der Waals surface area contributed by atoms with Gasteiger partial charge in [0.05, 0.1) is 14.2 Å². The van der Waals surface area contributed by atoms with Gasteiger partial charge in [0.15, 0.2) is 11.5 Å². The lowest BCUT2D eigenvalue weighted by Crippen LogP contribution is -2.46. The largest absolute Gasteiger partial charge is 0.493 e. The number of hydrogen-bond donors (Lipinski definition) is 2. The van der Waals surface area contributed by atoms with Crippen molar-refractivity contribution >= 4 is 5.91 Å². The average molecular weight is 347 g/mol. The van der Waals surface area contributed by atoms with Gasteiger partial charge in [-0.1, -0.05) is 13.8 Å². The highest BCUT2D eigenvalue weighted by molar-refractivity contribution is 5.82. The van der Waals surface area contributed by atoms with Crippen molar-refractivity contribution in [3.63, 3.8) is 0 Å². The number of amides is 1. The van der Waals surface area contributed by atoms with E-state index in [0.717, 1.165) is 43.9 Å². The average Bonchev–Trinajstić information content (AvgIpc) is 3.02.